The fraction of sp³-hybridized carbons (Fsp3) is 0.312. The number of likely N-dealkylation sites (N-methyl/N-ethyl adjacent to an activating group) is 1. The van der Waals surface area contributed by atoms with E-state index in [4.69, 9.17) is 0 Å². The average molecular weight is 276 g/mol. The lowest BCUT2D eigenvalue weighted by Gasteiger charge is -2.23. The molecule has 1 aromatic rings. The number of carbonyl (C=O) groups is 1. The van der Waals surface area contributed by atoms with Gasteiger partial charge in [-0.1, -0.05) is 30.4 Å². The van der Waals surface area contributed by atoms with E-state index in [1.807, 2.05) is 0 Å². The molecule has 0 aromatic heterocycles. The Balaban J connectivity index is 2.58. The molecular weight excluding hydrogens is 255 g/mol. The van der Waals surface area contributed by atoms with Crippen molar-refractivity contribution in [2.75, 3.05) is 26.7 Å². The van der Waals surface area contributed by atoms with E-state index in [0.29, 0.717) is 25.2 Å². The molecule has 0 saturated carbocycles. The van der Waals surface area contributed by atoms with Gasteiger partial charge in [0.25, 0.3) is 0 Å². The van der Waals surface area contributed by atoms with Crippen LogP contribution in [0.5, 0.6) is 0 Å². The van der Waals surface area contributed by atoms with Gasteiger partial charge >= 0.3 is 0 Å². The predicted octanol–water partition coefficient (Wildman–Crippen LogP) is 2.46. The van der Waals surface area contributed by atoms with E-state index in [1.165, 1.54) is 6.07 Å². The van der Waals surface area contributed by atoms with Gasteiger partial charge in [-0.3, -0.25) is 9.69 Å². The molecule has 1 aromatic carbocycles. The standard InChI is InChI=1S/C16H21FN2O/c1-4-10-19(11-5-2)16(20)13-18(3)12-14-8-6-7-9-15(14)17/h4-9H,1-2,10-13H2,3H3. The quantitative estimate of drug-likeness (QED) is 0.681. The average Bonchev–Trinajstić information content (AvgIpc) is 2.41. The van der Waals surface area contributed by atoms with E-state index in [1.54, 1.807) is 47.2 Å². The van der Waals surface area contributed by atoms with E-state index >= 15 is 0 Å². The molecule has 0 spiro atoms. The van der Waals surface area contributed by atoms with Gasteiger partial charge in [0.2, 0.25) is 5.91 Å². The topological polar surface area (TPSA) is 23.6 Å². The van der Waals surface area contributed by atoms with Crippen LogP contribution in [0.4, 0.5) is 4.39 Å². The third-order valence-corrected chi connectivity index (χ3v) is 2.85. The van der Waals surface area contributed by atoms with Gasteiger partial charge in [-0.05, 0) is 13.1 Å². The number of hydrogen-bond acceptors (Lipinski definition) is 2. The van der Waals surface area contributed by atoms with Gasteiger partial charge in [0, 0.05) is 25.2 Å². The maximum atomic E-state index is 13.5. The summed E-state index contributed by atoms with van der Waals surface area (Å²) in [6.07, 6.45) is 3.36. The number of halogens is 1. The van der Waals surface area contributed by atoms with Gasteiger partial charge in [-0.2, -0.15) is 0 Å². The SMILES string of the molecule is C=CCN(CC=C)C(=O)CN(C)Cc1ccccc1F. The first-order valence-electron chi connectivity index (χ1n) is 6.50. The third-order valence-electron chi connectivity index (χ3n) is 2.85. The van der Waals surface area contributed by atoms with Crippen LogP contribution in [0.25, 0.3) is 0 Å². The monoisotopic (exact) mass is 276 g/mol. The molecular formula is C16H21FN2O. The van der Waals surface area contributed by atoms with Crippen molar-refractivity contribution in [1.29, 1.82) is 0 Å². The van der Waals surface area contributed by atoms with Gasteiger partial charge in [0.1, 0.15) is 5.82 Å². The highest BCUT2D eigenvalue weighted by Crippen LogP contribution is 2.09. The van der Waals surface area contributed by atoms with Crippen molar-refractivity contribution in [3.8, 4) is 0 Å². The maximum absolute atomic E-state index is 13.5. The van der Waals surface area contributed by atoms with Gasteiger partial charge in [-0.15, -0.1) is 13.2 Å². The van der Waals surface area contributed by atoms with Crippen LogP contribution in [0.1, 0.15) is 5.56 Å². The molecule has 108 valence electrons. The molecule has 4 heteroatoms. The van der Waals surface area contributed by atoms with Crippen LogP contribution in [0.3, 0.4) is 0 Å². The molecule has 0 fully saturated rings. The summed E-state index contributed by atoms with van der Waals surface area (Å²) in [6, 6.07) is 6.59. The zero-order valence-electron chi connectivity index (χ0n) is 11.9. The second-order valence-corrected chi connectivity index (χ2v) is 4.64. The van der Waals surface area contributed by atoms with Crippen molar-refractivity contribution in [3.63, 3.8) is 0 Å². The highest BCUT2D eigenvalue weighted by Gasteiger charge is 2.14. The highest BCUT2D eigenvalue weighted by atomic mass is 19.1. The van der Waals surface area contributed by atoms with E-state index in [9.17, 15) is 9.18 Å². The lowest BCUT2D eigenvalue weighted by Crippen LogP contribution is -2.39. The number of amides is 1. The van der Waals surface area contributed by atoms with E-state index in [-0.39, 0.29) is 18.3 Å². The molecule has 0 atom stereocenters. The molecule has 0 heterocycles. The summed E-state index contributed by atoms with van der Waals surface area (Å²) in [7, 11) is 1.80. The zero-order valence-corrected chi connectivity index (χ0v) is 11.9. The van der Waals surface area contributed by atoms with Crippen molar-refractivity contribution in [2.45, 2.75) is 6.54 Å². The van der Waals surface area contributed by atoms with Crippen LogP contribution >= 0.6 is 0 Å². The molecule has 0 bridgehead atoms. The Morgan fingerprint density at radius 3 is 2.40 bits per heavy atom. The minimum Gasteiger partial charge on any atom is -0.334 e. The molecule has 20 heavy (non-hydrogen) atoms. The van der Waals surface area contributed by atoms with Gasteiger partial charge < -0.3 is 4.90 Å². The van der Waals surface area contributed by atoms with E-state index in [0.717, 1.165) is 0 Å². The summed E-state index contributed by atoms with van der Waals surface area (Å²) in [6.45, 7) is 8.86. The fourth-order valence-corrected chi connectivity index (χ4v) is 1.89. The van der Waals surface area contributed by atoms with Crippen molar-refractivity contribution in [2.24, 2.45) is 0 Å². The number of benzene rings is 1. The second-order valence-electron chi connectivity index (χ2n) is 4.64. The summed E-state index contributed by atoms with van der Waals surface area (Å²) >= 11 is 0. The molecule has 0 N–H and O–H groups in total. The lowest BCUT2D eigenvalue weighted by atomic mass is 10.2. The smallest absolute Gasteiger partial charge is 0.237 e. The molecule has 0 radical (unpaired) electrons. The lowest BCUT2D eigenvalue weighted by molar-refractivity contribution is -0.131. The van der Waals surface area contributed by atoms with Crippen LogP contribution in [0, 0.1) is 5.82 Å². The molecule has 0 aliphatic rings. The van der Waals surface area contributed by atoms with Crippen LogP contribution < -0.4 is 0 Å². The number of nitrogens with zero attached hydrogens (tertiary/aromatic N) is 2. The summed E-state index contributed by atoms with van der Waals surface area (Å²) in [5.41, 5.74) is 0.585. The Hall–Kier alpha value is -1.94. The van der Waals surface area contributed by atoms with Crippen molar-refractivity contribution in [3.05, 3.63) is 61.0 Å². The summed E-state index contributed by atoms with van der Waals surface area (Å²) < 4.78 is 13.5. The molecule has 0 saturated heterocycles. The van der Waals surface area contributed by atoms with Crippen molar-refractivity contribution in [1.82, 2.24) is 9.80 Å². The van der Waals surface area contributed by atoms with Gasteiger partial charge in [0.15, 0.2) is 0 Å². The largest absolute Gasteiger partial charge is 0.334 e. The van der Waals surface area contributed by atoms with Gasteiger partial charge in [0.05, 0.1) is 6.54 Å². The number of hydrogen-bond donors (Lipinski definition) is 0. The highest BCUT2D eigenvalue weighted by molar-refractivity contribution is 5.78. The summed E-state index contributed by atoms with van der Waals surface area (Å²) in [4.78, 5) is 15.5. The summed E-state index contributed by atoms with van der Waals surface area (Å²) in [5, 5.41) is 0. The van der Waals surface area contributed by atoms with Crippen LogP contribution in [0.15, 0.2) is 49.6 Å². The van der Waals surface area contributed by atoms with Gasteiger partial charge in [-0.25, -0.2) is 4.39 Å². The number of rotatable bonds is 8. The minimum atomic E-state index is -0.249. The van der Waals surface area contributed by atoms with Crippen LogP contribution in [0.2, 0.25) is 0 Å². The van der Waals surface area contributed by atoms with Crippen LogP contribution in [-0.2, 0) is 11.3 Å². The van der Waals surface area contributed by atoms with Crippen molar-refractivity contribution < 1.29 is 9.18 Å². The first-order chi connectivity index (χ1) is 9.58. The Morgan fingerprint density at radius 2 is 1.85 bits per heavy atom. The molecule has 0 aliphatic heterocycles. The molecule has 0 aliphatic carbocycles. The van der Waals surface area contributed by atoms with E-state index in [2.05, 4.69) is 13.2 Å². The Morgan fingerprint density at radius 1 is 1.25 bits per heavy atom. The molecule has 1 rings (SSSR count). The molecule has 1 amide bonds. The molecule has 0 unspecified atom stereocenters. The third kappa shape index (κ3) is 4.97. The van der Waals surface area contributed by atoms with Crippen LogP contribution in [-0.4, -0.2) is 42.4 Å². The summed E-state index contributed by atoms with van der Waals surface area (Å²) in [5.74, 6) is -0.274. The Kier molecular flexibility index (Phi) is 6.67. The molecule has 3 nitrogen and oxygen atoms in total. The van der Waals surface area contributed by atoms with Crippen molar-refractivity contribution >= 4 is 5.91 Å². The maximum Gasteiger partial charge on any atom is 0.237 e. The predicted molar refractivity (Wildman–Crippen MR) is 79.7 cm³/mol. The second kappa shape index (κ2) is 8.27. The zero-order chi connectivity index (χ0) is 15.0. The Bertz CT molecular complexity index is 463. The first-order valence-corrected chi connectivity index (χ1v) is 6.50. The first kappa shape index (κ1) is 16.1. The fourth-order valence-electron chi connectivity index (χ4n) is 1.89. The van der Waals surface area contributed by atoms with E-state index < -0.39 is 0 Å². The Labute approximate surface area is 120 Å². The minimum absolute atomic E-state index is 0.0244. The normalized spacial score (nSPS) is 10.3. The number of carbonyl (C=O) groups excluding carboxylic acids is 1.